The van der Waals surface area contributed by atoms with E-state index in [0.717, 1.165) is 24.9 Å². The van der Waals surface area contributed by atoms with Crippen LogP contribution in [-0.2, 0) is 11.2 Å². The average Bonchev–Trinajstić information content (AvgIpc) is 3.22. The third kappa shape index (κ3) is 5.47. The van der Waals surface area contributed by atoms with Crippen molar-refractivity contribution in [3.05, 3.63) is 89.5 Å². The molecule has 31 heavy (non-hydrogen) atoms. The molecule has 0 bridgehead atoms. The van der Waals surface area contributed by atoms with Crippen molar-refractivity contribution in [2.45, 2.75) is 25.8 Å². The number of anilines is 1. The maximum Gasteiger partial charge on any atom is 0.241 e. The molecular formula is C25H24F2N2O2. The van der Waals surface area contributed by atoms with Gasteiger partial charge < -0.3 is 15.4 Å². The van der Waals surface area contributed by atoms with Crippen LogP contribution in [0.25, 0.3) is 0 Å². The van der Waals surface area contributed by atoms with Crippen molar-refractivity contribution in [1.29, 1.82) is 0 Å². The second kappa shape index (κ2) is 9.27. The topological polar surface area (TPSA) is 50.4 Å². The first-order valence-electron chi connectivity index (χ1n) is 10.3. The lowest BCUT2D eigenvalue weighted by molar-refractivity contribution is -0.117. The van der Waals surface area contributed by atoms with Crippen molar-refractivity contribution in [2.24, 2.45) is 5.92 Å². The zero-order valence-electron chi connectivity index (χ0n) is 17.2. The molecule has 4 nitrogen and oxygen atoms in total. The van der Waals surface area contributed by atoms with Crippen molar-refractivity contribution < 1.29 is 18.3 Å². The Morgan fingerprint density at radius 1 is 1.03 bits per heavy atom. The minimum absolute atomic E-state index is 0.0790. The van der Waals surface area contributed by atoms with E-state index in [1.807, 2.05) is 0 Å². The van der Waals surface area contributed by atoms with E-state index in [4.69, 9.17) is 4.74 Å². The van der Waals surface area contributed by atoms with Crippen molar-refractivity contribution >= 4 is 11.6 Å². The normalized spacial score (nSPS) is 18.0. The first-order valence-corrected chi connectivity index (χ1v) is 10.3. The van der Waals surface area contributed by atoms with Gasteiger partial charge in [0.2, 0.25) is 5.91 Å². The summed E-state index contributed by atoms with van der Waals surface area (Å²) >= 11 is 0. The molecule has 1 saturated heterocycles. The number of amides is 1. The molecule has 0 aliphatic carbocycles. The van der Waals surface area contributed by atoms with Gasteiger partial charge in [0, 0.05) is 5.69 Å². The summed E-state index contributed by atoms with van der Waals surface area (Å²) in [6, 6.07) is 17.7. The molecule has 0 saturated carbocycles. The van der Waals surface area contributed by atoms with E-state index < -0.39 is 0 Å². The molecule has 0 aromatic heterocycles. The second-order valence-corrected chi connectivity index (χ2v) is 7.92. The molecule has 1 amide bonds. The number of aryl methyl sites for hydroxylation is 1. The van der Waals surface area contributed by atoms with E-state index in [1.165, 1.54) is 24.3 Å². The van der Waals surface area contributed by atoms with Crippen molar-refractivity contribution in [3.63, 3.8) is 0 Å². The van der Waals surface area contributed by atoms with Gasteiger partial charge in [-0.05, 0) is 98.0 Å². The Morgan fingerprint density at radius 2 is 1.74 bits per heavy atom. The lowest BCUT2D eigenvalue weighted by Gasteiger charge is -2.13. The predicted octanol–water partition coefficient (Wildman–Crippen LogP) is 5.22. The van der Waals surface area contributed by atoms with Crippen LogP contribution in [0.5, 0.6) is 11.5 Å². The van der Waals surface area contributed by atoms with Gasteiger partial charge in [0.1, 0.15) is 23.1 Å². The van der Waals surface area contributed by atoms with Crippen LogP contribution in [0, 0.1) is 24.5 Å². The molecule has 160 valence electrons. The molecule has 2 atom stereocenters. The zero-order chi connectivity index (χ0) is 21.8. The lowest BCUT2D eigenvalue weighted by Crippen LogP contribution is -2.35. The third-order valence-electron chi connectivity index (χ3n) is 5.46. The molecule has 0 radical (unpaired) electrons. The molecule has 1 heterocycles. The quantitative estimate of drug-likeness (QED) is 0.572. The maximum atomic E-state index is 13.2. The van der Waals surface area contributed by atoms with Crippen LogP contribution >= 0.6 is 0 Å². The number of nitrogens with one attached hydrogen (secondary N) is 2. The number of rotatable bonds is 6. The molecule has 1 aliphatic rings. The number of hydrogen-bond acceptors (Lipinski definition) is 3. The van der Waals surface area contributed by atoms with Gasteiger partial charge in [0.05, 0.1) is 6.04 Å². The summed E-state index contributed by atoms with van der Waals surface area (Å²) in [5, 5.41) is 6.20. The van der Waals surface area contributed by atoms with Gasteiger partial charge in [-0.2, -0.15) is 0 Å². The highest BCUT2D eigenvalue weighted by molar-refractivity contribution is 5.95. The summed E-state index contributed by atoms with van der Waals surface area (Å²) in [6.45, 7) is 2.53. The molecule has 1 fully saturated rings. The van der Waals surface area contributed by atoms with Gasteiger partial charge >= 0.3 is 0 Å². The summed E-state index contributed by atoms with van der Waals surface area (Å²) in [4.78, 5) is 12.6. The maximum absolute atomic E-state index is 13.2. The fourth-order valence-corrected chi connectivity index (χ4v) is 3.81. The summed E-state index contributed by atoms with van der Waals surface area (Å²) < 4.78 is 32.1. The number of hydrogen-bond donors (Lipinski definition) is 2. The van der Waals surface area contributed by atoms with Gasteiger partial charge in [0.25, 0.3) is 0 Å². The average molecular weight is 422 g/mol. The van der Waals surface area contributed by atoms with Gasteiger partial charge in [-0.1, -0.05) is 12.1 Å². The van der Waals surface area contributed by atoms with E-state index in [9.17, 15) is 13.6 Å². The highest BCUT2D eigenvalue weighted by atomic mass is 19.1. The summed E-state index contributed by atoms with van der Waals surface area (Å²) in [7, 11) is 0. The fourth-order valence-electron chi connectivity index (χ4n) is 3.81. The van der Waals surface area contributed by atoms with Crippen LogP contribution in [0.1, 0.15) is 17.5 Å². The smallest absolute Gasteiger partial charge is 0.241 e. The van der Waals surface area contributed by atoms with Crippen LogP contribution in [-0.4, -0.2) is 18.5 Å². The van der Waals surface area contributed by atoms with Crippen LogP contribution in [0.15, 0.2) is 66.7 Å². The van der Waals surface area contributed by atoms with Crippen LogP contribution in [0.2, 0.25) is 0 Å². The lowest BCUT2D eigenvalue weighted by atomic mass is 9.96. The first-order chi connectivity index (χ1) is 15.0. The molecule has 4 rings (SSSR count). The molecule has 0 spiro atoms. The Labute approximate surface area is 180 Å². The highest BCUT2D eigenvalue weighted by Gasteiger charge is 2.29. The Morgan fingerprint density at radius 3 is 2.45 bits per heavy atom. The van der Waals surface area contributed by atoms with E-state index in [2.05, 4.69) is 10.6 Å². The van der Waals surface area contributed by atoms with Gasteiger partial charge in [-0.25, -0.2) is 8.78 Å². The monoisotopic (exact) mass is 422 g/mol. The number of halogens is 2. The Bertz CT molecular complexity index is 1050. The molecule has 6 heteroatoms. The van der Waals surface area contributed by atoms with E-state index in [-0.39, 0.29) is 23.6 Å². The Balaban J connectivity index is 1.30. The third-order valence-corrected chi connectivity index (χ3v) is 5.46. The molecule has 3 aromatic carbocycles. The van der Waals surface area contributed by atoms with Crippen LogP contribution < -0.4 is 15.4 Å². The number of carbonyl (C=O) groups is 1. The van der Waals surface area contributed by atoms with Gasteiger partial charge in [-0.3, -0.25) is 4.79 Å². The first kappa shape index (κ1) is 21.0. The fraction of sp³-hybridized carbons (Fsp3) is 0.240. The molecule has 2 N–H and O–H groups in total. The summed E-state index contributed by atoms with van der Waals surface area (Å²) in [6.07, 6.45) is 1.54. The molecule has 1 aliphatic heterocycles. The largest absolute Gasteiger partial charge is 0.457 e. The minimum Gasteiger partial charge on any atom is -0.457 e. The SMILES string of the molecule is Cc1cc(F)ccc1Oc1ccc(NC(=O)C2CC(Cc3ccc(F)cc3)CN2)cc1. The van der Waals surface area contributed by atoms with Crippen molar-refractivity contribution in [3.8, 4) is 11.5 Å². The predicted molar refractivity (Wildman–Crippen MR) is 116 cm³/mol. The Kier molecular flexibility index (Phi) is 6.28. The van der Waals surface area contributed by atoms with Gasteiger partial charge in [0.15, 0.2) is 0 Å². The molecular weight excluding hydrogens is 398 g/mol. The standard InChI is InChI=1S/C25H24F2N2O2/c1-16-12-20(27)6-11-24(16)31-22-9-7-21(8-10-22)29-25(30)23-14-18(15-28-23)13-17-2-4-19(26)5-3-17/h2-12,18,23,28H,13-15H2,1H3,(H,29,30). The van der Waals surface area contributed by atoms with Crippen molar-refractivity contribution in [2.75, 3.05) is 11.9 Å². The van der Waals surface area contributed by atoms with E-state index in [1.54, 1.807) is 49.4 Å². The molecule has 2 unspecified atom stereocenters. The second-order valence-electron chi connectivity index (χ2n) is 7.92. The highest BCUT2D eigenvalue weighted by Crippen LogP contribution is 2.27. The zero-order valence-corrected chi connectivity index (χ0v) is 17.2. The molecule has 3 aromatic rings. The van der Waals surface area contributed by atoms with E-state index >= 15 is 0 Å². The summed E-state index contributed by atoms with van der Waals surface area (Å²) in [5.41, 5.74) is 2.46. The number of carbonyl (C=O) groups excluding carboxylic acids is 1. The van der Waals surface area contributed by atoms with Crippen molar-refractivity contribution in [1.82, 2.24) is 5.32 Å². The number of ether oxygens (including phenoxy) is 1. The van der Waals surface area contributed by atoms with E-state index in [0.29, 0.717) is 28.7 Å². The van der Waals surface area contributed by atoms with Crippen LogP contribution in [0.4, 0.5) is 14.5 Å². The van der Waals surface area contributed by atoms with Crippen LogP contribution in [0.3, 0.4) is 0 Å². The number of benzene rings is 3. The minimum atomic E-state index is -0.302. The summed E-state index contributed by atoms with van der Waals surface area (Å²) in [5.74, 6) is 0.894. The van der Waals surface area contributed by atoms with Gasteiger partial charge in [-0.15, -0.1) is 0 Å². The Hall–Kier alpha value is -3.25.